The number of carbonyl (C=O) groups excluding carboxylic acids is 2. The summed E-state index contributed by atoms with van der Waals surface area (Å²) in [4.78, 5) is 23.7. The van der Waals surface area contributed by atoms with Gasteiger partial charge in [-0.05, 0) is 0 Å². The van der Waals surface area contributed by atoms with E-state index in [1.807, 2.05) is 0 Å². The number of nitrogens with zero attached hydrogens (tertiary/aromatic N) is 1. The van der Waals surface area contributed by atoms with Crippen LogP contribution in [0.5, 0.6) is 0 Å². The van der Waals surface area contributed by atoms with Gasteiger partial charge in [-0.3, -0.25) is 9.59 Å². The summed E-state index contributed by atoms with van der Waals surface area (Å²) in [7, 11) is 0. The molecule has 0 aromatic heterocycles. The topological polar surface area (TPSA) is 72.6 Å². The molecule has 2 aliphatic rings. The molecule has 2 amide bonds. The number of fused-ring (bicyclic) bond motifs is 2. The van der Waals surface area contributed by atoms with Crippen LogP contribution in [0.2, 0.25) is 0 Å². The summed E-state index contributed by atoms with van der Waals surface area (Å²) in [6.07, 6.45) is 0.00463. The van der Waals surface area contributed by atoms with E-state index in [0.717, 1.165) is 0 Å². The number of nitrogens with two attached hydrogens (primary N) is 1. The van der Waals surface area contributed by atoms with Crippen molar-refractivity contribution in [3.05, 3.63) is 0 Å². The number of carbonyl (C=O) groups is 2. The van der Waals surface area contributed by atoms with E-state index in [2.05, 4.69) is 0 Å². The smallest absolute Gasteiger partial charge is 0.252 e. The van der Waals surface area contributed by atoms with Crippen LogP contribution >= 0.6 is 0 Å². The van der Waals surface area contributed by atoms with E-state index in [-0.39, 0.29) is 5.91 Å². The van der Waals surface area contributed by atoms with Crippen molar-refractivity contribution in [2.75, 3.05) is 13.2 Å². The average Bonchev–Trinajstić information content (AvgIpc) is 2.27. The lowest BCUT2D eigenvalue weighted by Gasteiger charge is -2.24. The fourth-order valence-corrected chi connectivity index (χ4v) is 1.74. The van der Waals surface area contributed by atoms with Crippen molar-refractivity contribution >= 4 is 11.8 Å². The van der Waals surface area contributed by atoms with Crippen LogP contribution < -0.4 is 5.73 Å². The highest BCUT2D eigenvalue weighted by Crippen LogP contribution is 2.24. The molecule has 2 heterocycles. The SMILES string of the molecule is NC(=O)C1CC2OCCN1C2=O. The molecule has 2 N–H and O–H groups in total. The van der Waals surface area contributed by atoms with Crippen LogP contribution in [0.15, 0.2) is 0 Å². The lowest BCUT2D eigenvalue weighted by molar-refractivity contribution is -0.146. The Kier molecular flexibility index (Phi) is 1.54. The predicted molar refractivity (Wildman–Crippen MR) is 39.1 cm³/mol. The summed E-state index contributed by atoms with van der Waals surface area (Å²) in [5.74, 6) is -0.526. The van der Waals surface area contributed by atoms with Gasteiger partial charge in [0.2, 0.25) is 5.91 Å². The quantitative estimate of drug-likeness (QED) is 0.519. The zero-order valence-corrected chi connectivity index (χ0v) is 6.53. The summed E-state index contributed by atoms with van der Waals surface area (Å²) < 4.78 is 5.16. The number of morpholine rings is 1. The van der Waals surface area contributed by atoms with Crippen LogP contribution in [0, 0.1) is 0 Å². The first-order chi connectivity index (χ1) is 5.70. The van der Waals surface area contributed by atoms with Gasteiger partial charge in [0.15, 0.2) is 0 Å². The summed E-state index contributed by atoms with van der Waals surface area (Å²) in [6.45, 7) is 1.00. The molecule has 66 valence electrons. The fraction of sp³-hybridized carbons (Fsp3) is 0.714. The Morgan fingerprint density at radius 1 is 1.67 bits per heavy atom. The van der Waals surface area contributed by atoms with Gasteiger partial charge in [-0.2, -0.15) is 0 Å². The van der Waals surface area contributed by atoms with Crippen LogP contribution in [0.3, 0.4) is 0 Å². The molecule has 0 aliphatic carbocycles. The van der Waals surface area contributed by atoms with E-state index in [1.165, 1.54) is 4.90 Å². The monoisotopic (exact) mass is 170 g/mol. The number of hydrogen-bond donors (Lipinski definition) is 1. The normalized spacial score (nSPS) is 34.0. The standard InChI is InChI=1S/C7H10N2O3/c8-6(10)4-3-5-7(11)9(4)1-2-12-5/h4-5H,1-3H2,(H2,8,10). The zero-order valence-electron chi connectivity index (χ0n) is 6.53. The molecule has 12 heavy (non-hydrogen) atoms. The third kappa shape index (κ3) is 0.896. The molecule has 2 bridgehead atoms. The molecule has 5 heteroatoms. The fourth-order valence-electron chi connectivity index (χ4n) is 1.74. The van der Waals surface area contributed by atoms with E-state index >= 15 is 0 Å². The van der Waals surface area contributed by atoms with Crippen LogP contribution in [-0.2, 0) is 14.3 Å². The summed E-state index contributed by atoms with van der Waals surface area (Å²) in [6, 6.07) is -0.440. The Morgan fingerprint density at radius 3 is 3.00 bits per heavy atom. The maximum atomic E-state index is 11.3. The first-order valence-corrected chi connectivity index (χ1v) is 3.91. The highest BCUT2D eigenvalue weighted by molar-refractivity contribution is 5.93. The van der Waals surface area contributed by atoms with Crippen molar-refractivity contribution in [2.24, 2.45) is 5.73 Å². The Bertz CT molecular complexity index is 241. The molecule has 2 atom stereocenters. The molecule has 0 spiro atoms. The predicted octanol–water partition coefficient (Wildman–Crippen LogP) is -1.53. The molecule has 0 aromatic rings. The van der Waals surface area contributed by atoms with Crippen molar-refractivity contribution in [3.63, 3.8) is 0 Å². The van der Waals surface area contributed by atoms with Gasteiger partial charge in [-0.1, -0.05) is 0 Å². The summed E-state index contributed by atoms with van der Waals surface area (Å²) in [5.41, 5.74) is 5.13. The van der Waals surface area contributed by atoms with Crippen molar-refractivity contribution in [2.45, 2.75) is 18.6 Å². The Hall–Kier alpha value is -1.10. The highest BCUT2D eigenvalue weighted by Gasteiger charge is 2.45. The van der Waals surface area contributed by atoms with Crippen molar-refractivity contribution in [1.82, 2.24) is 4.90 Å². The zero-order chi connectivity index (χ0) is 8.72. The van der Waals surface area contributed by atoms with E-state index in [9.17, 15) is 9.59 Å². The molecular weight excluding hydrogens is 160 g/mol. The maximum absolute atomic E-state index is 11.3. The van der Waals surface area contributed by atoms with Crippen molar-refractivity contribution < 1.29 is 14.3 Å². The van der Waals surface area contributed by atoms with Gasteiger partial charge in [0.05, 0.1) is 6.61 Å². The van der Waals surface area contributed by atoms with Gasteiger partial charge in [0.25, 0.3) is 5.91 Å². The number of amides is 2. The Labute approximate surface area is 69.5 Å². The number of hydrogen-bond acceptors (Lipinski definition) is 3. The molecule has 0 aromatic carbocycles. The van der Waals surface area contributed by atoms with Crippen molar-refractivity contribution in [3.8, 4) is 0 Å². The van der Waals surface area contributed by atoms with E-state index in [4.69, 9.17) is 10.5 Å². The summed E-state index contributed by atoms with van der Waals surface area (Å²) >= 11 is 0. The molecule has 0 radical (unpaired) electrons. The molecule has 2 unspecified atom stereocenters. The average molecular weight is 170 g/mol. The molecule has 5 nitrogen and oxygen atoms in total. The largest absolute Gasteiger partial charge is 0.368 e. The third-order valence-corrected chi connectivity index (χ3v) is 2.35. The first-order valence-electron chi connectivity index (χ1n) is 3.91. The molecule has 0 saturated carbocycles. The van der Waals surface area contributed by atoms with Gasteiger partial charge in [0, 0.05) is 13.0 Å². The van der Waals surface area contributed by atoms with E-state index in [0.29, 0.717) is 19.6 Å². The van der Waals surface area contributed by atoms with E-state index < -0.39 is 18.1 Å². The number of ether oxygens (including phenoxy) is 1. The van der Waals surface area contributed by atoms with Gasteiger partial charge < -0.3 is 15.4 Å². The molecule has 2 fully saturated rings. The van der Waals surface area contributed by atoms with Crippen LogP contribution in [0.1, 0.15) is 6.42 Å². The minimum Gasteiger partial charge on any atom is -0.368 e. The van der Waals surface area contributed by atoms with Gasteiger partial charge >= 0.3 is 0 Å². The second-order valence-corrected chi connectivity index (χ2v) is 3.04. The lowest BCUT2D eigenvalue weighted by Crippen LogP contribution is -2.46. The first kappa shape index (κ1) is 7.54. The van der Waals surface area contributed by atoms with E-state index in [1.54, 1.807) is 0 Å². The molecule has 2 saturated heterocycles. The third-order valence-electron chi connectivity index (χ3n) is 2.35. The van der Waals surface area contributed by atoms with Gasteiger partial charge in [-0.25, -0.2) is 0 Å². The number of rotatable bonds is 1. The minimum atomic E-state index is -0.440. The Morgan fingerprint density at radius 2 is 2.42 bits per heavy atom. The minimum absolute atomic E-state index is 0.0925. The highest BCUT2D eigenvalue weighted by atomic mass is 16.5. The van der Waals surface area contributed by atoms with Crippen molar-refractivity contribution in [1.29, 1.82) is 0 Å². The van der Waals surface area contributed by atoms with Crippen LogP contribution in [0.25, 0.3) is 0 Å². The second-order valence-electron chi connectivity index (χ2n) is 3.04. The number of primary amides is 1. The Balaban J connectivity index is 2.22. The maximum Gasteiger partial charge on any atom is 0.252 e. The van der Waals surface area contributed by atoms with Gasteiger partial charge in [0.1, 0.15) is 12.1 Å². The molecular formula is C7H10N2O3. The second kappa shape index (κ2) is 2.45. The van der Waals surface area contributed by atoms with Gasteiger partial charge in [-0.15, -0.1) is 0 Å². The van der Waals surface area contributed by atoms with Crippen LogP contribution in [0.4, 0.5) is 0 Å². The summed E-state index contributed by atoms with van der Waals surface area (Å²) in [5, 5.41) is 0. The lowest BCUT2D eigenvalue weighted by atomic mass is 10.2. The molecule has 2 aliphatic heterocycles. The molecule has 2 rings (SSSR count). The van der Waals surface area contributed by atoms with Crippen LogP contribution in [-0.4, -0.2) is 42.0 Å².